The van der Waals surface area contributed by atoms with E-state index >= 15 is 0 Å². The summed E-state index contributed by atoms with van der Waals surface area (Å²) in [6, 6.07) is 6.04. The number of carboxylic acid groups (broad SMARTS) is 1. The maximum Gasteiger partial charge on any atom is 0.326 e. The topological polar surface area (TPSA) is 84.2 Å². The third-order valence-corrected chi connectivity index (χ3v) is 3.41. The molecule has 2 N–H and O–H groups in total. The van der Waals surface area contributed by atoms with E-state index in [-0.39, 0.29) is 5.92 Å². The van der Waals surface area contributed by atoms with E-state index in [0.717, 1.165) is 5.69 Å². The quantitative estimate of drug-likeness (QED) is 0.885. The Morgan fingerprint density at radius 2 is 1.91 bits per heavy atom. The molecule has 0 saturated heterocycles. The number of halogens is 1. The molecule has 0 aliphatic heterocycles. The van der Waals surface area contributed by atoms with Crippen molar-refractivity contribution >= 4 is 23.5 Å². The van der Waals surface area contributed by atoms with Gasteiger partial charge in [-0.2, -0.15) is 5.10 Å². The second-order valence-corrected chi connectivity index (χ2v) is 5.62. The van der Waals surface area contributed by atoms with Crippen LogP contribution in [-0.2, 0) is 4.79 Å². The van der Waals surface area contributed by atoms with E-state index in [2.05, 4.69) is 10.4 Å². The predicted octanol–water partition coefficient (Wildman–Crippen LogP) is 2.36. The van der Waals surface area contributed by atoms with Crippen LogP contribution in [0, 0.1) is 5.92 Å². The van der Waals surface area contributed by atoms with Gasteiger partial charge in [-0.05, 0) is 30.2 Å². The second kappa shape index (κ2) is 6.62. The van der Waals surface area contributed by atoms with Gasteiger partial charge in [-0.1, -0.05) is 25.4 Å². The van der Waals surface area contributed by atoms with Gasteiger partial charge in [-0.3, -0.25) is 4.79 Å². The normalized spacial score (nSPS) is 12.2. The third kappa shape index (κ3) is 3.65. The average Bonchev–Trinajstić information content (AvgIpc) is 2.94. The number of aliphatic carboxylic acids is 1. The Bertz CT molecular complexity index is 680. The molecule has 0 unspecified atom stereocenters. The van der Waals surface area contributed by atoms with E-state index in [9.17, 15) is 9.59 Å². The monoisotopic (exact) mass is 321 g/mol. The molecule has 0 fully saturated rings. The number of carbonyl (C=O) groups is 2. The number of carboxylic acids is 1. The number of hydrogen-bond donors (Lipinski definition) is 2. The molecule has 2 aromatic rings. The summed E-state index contributed by atoms with van der Waals surface area (Å²) < 4.78 is 1.52. The Morgan fingerprint density at radius 3 is 2.45 bits per heavy atom. The number of rotatable bonds is 5. The lowest BCUT2D eigenvalue weighted by molar-refractivity contribution is -0.140. The van der Waals surface area contributed by atoms with Gasteiger partial charge in [-0.25, -0.2) is 9.48 Å². The Labute approximate surface area is 132 Å². The zero-order valence-corrected chi connectivity index (χ0v) is 12.9. The van der Waals surface area contributed by atoms with Crippen molar-refractivity contribution in [2.75, 3.05) is 0 Å². The first-order valence-corrected chi connectivity index (χ1v) is 7.10. The van der Waals surface area contributed by atoms with Crippen molar-refractivity contribution in [3.63, 3.8) is 0 Å². The Kier molecular flexibility index (Phi) is 4.82. The fourth-order valence-electron chi connectivity index (χ4n) is 1.91. The molecular weight excluding hydrogens is 306 g/mol. The van der Waals surface area contributed by atoms with Crippen molar-refractivity contribution in [2.45, 2.75) is 19.9 Å². The molecule has 1 atom stereocenters. The number of nitrogens with zero attached hydrogens (tertiary/aromatic N) is 2. The van der Waals surface area contributed by atoms with Crippen molar-refractivity contribution in [3.05, 3.63) is 47.2 Å². The zero-order valence-electron chi connectivity index (χ0n) is 12.2. The van der Waals surface area contributed by atoms with Crippen molar-refractivity contribution in [3.8, 4) is 5.69 Å². The molecule has 22 heavy (non-hydrogen) atoms. The fourth-order valence-corrected chi connectivity index (χ4v) is 2.04. The summed E-state index contributed by atoms with van der Waals surface area (Å²) in [5.41, 5.74) is 1.05. The molecule has 6 nitrogen and oxygen atoms in total. The Morgan fingerprint density at radius 1 is 1.27 bits per heavy atom. The molecule has 0 radical (unpaired) electrons. The fraction of sp³-hybridized carbons (Fsp3) is 0.267. The minimum atomic E-state index is -1.06. The smallest absolute Gasteiger partial charge is 0.326 e. The molecule has 1 aromatic carbocycles. The molecule has 0 bridgehead atoms. The molecular formula is C15H16ClN3O3. The first kappa shape index (κ1) is 16.0. The maximum absolute atomic E-state index is 12.1. The Hall–Kier alpha value is -2.34. The number of benzene rings is 1. The zero-order chi connectivity index (χ0) is 16.3. The summed E-state index contributed by atoms with van der Waals surface area (Å²) in [5.74, 6) is -1.75. The molecule has 0 spiro atoms. The van der Waals surface area contributed by atoms with Gasteiger partial charge in [0.05, 0.1) is 17.4 Å². The van der Waals surface area contributed by atoms with Crippen molar-refractivity contribution in [1.82, 2.24) is 15.1 Å². The first-order valence-electron chi connectivity index (χ1n) is 6.72. The summed E-state index contributed by atoms with van der Waals surface area (Å²) in [7, 11) is 0. The van der Waals surface area contributed by atoms with Crippen LogP contribution in [0.4, 0.5) is 0 Å². The van der Waals surface area contributed by atoms with Gasteiger partial charge in [-0.15, -0.1) is 0 Å². The summed E-state index contributed by atoms with van der Waals surface area (Å²) in [6.07, 6.45) is 2.93. The highest BCUT2D eigenvalue weighted by molar-refractivity contribution is 6.30. The van der Waals surface area contributed by atoms with Crippen LogP contribution in [0.3, 0.4) is 0 Å². The molecule has 1 aromatic heterocycles. The third-order valence-electron chi connectivity index (χ3n) is 3.16. The molecule has 1 amide bonds. The summed E-state index contributed by atoms with van der Waals surface area (Å²) in [6.45, 7) is 3.46. The summed E-state index contributed by atoms with van der Waals surface area (Å²) >= 11 is 5.82. The summed E-state index contributed by atoms with van der Waals surface area (Å²) in [5, 5.41) is 16.3. The molecule has 0 aliphatic rings. The standard InChI is InChI=1S/C15H16ClN3O3/c1-9(2)13(15(21)22)18-14(20)10-7-17-19(8-10)12-5-3-11(16)4-6-12/h3-9,13H,1-2H3,(H,18,20)(H,21,22)/t13-/m1/s1. The van der Waals surface area contributed by atoms with Crippen LogP contribution in [0.2, 0.25) is 5.02 Å². The number of amides is 1. The van der Waals surface area contributed by atoms with Crippen molar-refractivity contribution in [1.29, 1.82) is 0 Å². The lowest BCUT2D eigenvalue weighted by atomic mass is 10.0. The maximum atomic E-state index is 12.1. The van der Waals surface area contributed by atoms with Crippen LogP contribution in [0.1, 0.15) is 24.2 Å². The number of carbonyl (C=O) groups excluding carboxylic acids is 1. The Balaban J connectivity index is 2.15. The first-order chi connectivity index (χ1) is 10.4. The van der Waals surface area contributed by atoms with Crippen molar-refractivity contribution < 1.29 is 14.7 Å². The second-order valence-electron chi connectivity index (χ2n) is 5.18. The van der Waals surface area contributed by atoms with E-state index in [4.69, 9.17) is 16.7 Å². The molecule has 7 heteroatoms. The van der Waals surface area contributed by atoms with E-state index in [1.165, 1.54) is 17.1 Å². The summed E-state index contributed by atoms with van der Waals surface area (Å²) in [4.78, 5) is 23.2. The lowest BCUT2D eigenvalue weighted by Crippen LogP contribution is -2.44. The van der Waals surface area contributed by atoms with Crippen molar-refractivity contribution in [2.24, 2.45) is 5.92 Å². The molecule has 2 rings (SSSR count). The van der Waals surface area contributed by atoms with Crippen LogP contribution >= 0.6 is 11.6 Å². The van der Waals surface area contributed by atoms with Gasteiger partial charge >= 0.3 is 5.97 Å². The SMILES string of the molecule is CC(C)[C@@H](NC(=O)c1cnn(-c2ccc(Cl)cc2)c1)C(=O)O. The highest BCUT2D eigenvalue weighted by atomic mass is 35.5. The average molecular weight is 322 g/mol. The lowest BCUT2D eigenvalue weighted by Gasteiger charge is -2.17. The largest absolute Gasteiger partial charge is 0.480 e. The van der Waals surface area contributed by atoms with E-state index in [1.54, 1.807) is 38.1 Å². The number of hydrogen-bond acceptors (Lipinski definition) is 3. The van der Waals surface area contributed by atoms with Gasteiger partial charge in [0.2, 0.25) is 0 Å². The van der Waals surface area contributed by atoms with Gasteiger partial charge in [0.25, 0.3) is 5.91 Å². The predicted molar refractivity (Wildman–Crippen MR) is 82.3 cm³/mol. The molecule has 0 saturated carbocycles. The van der Waals surface area contributed by atoms with Gasteiger partial charge in [0.15, 0.2) is 0 Å². The van der Waals surface area contributed by atoms with Crippen LogP contribution in [0.15, 0.2) is 36.7 Å². The van der Waals surface area contributed by atoms with Gasteiger partial charge < -0.3 is 10.4 Å². The minimum Gasteiger partial charge on any atom is -0.480 e. The van der Waals surface area contributed by atoms with Gasteiger partial charge in [0, 0.05) is 11.2 Å². The van der Waals surface area contributed by atoms with Crippen LogP contribution in [0.5, 0.6) is 0 Å². The van der Waals surface area contributed by atoms with Crippen LogP contribution in [-0.4, -0.2) is 32.8 Å². The van der Waals surface area contributed by atoms with Crippen LogP contribution in [0.25, 0.3) is 5.69 Å². The van der Waals surface area contributed by atoms with E-state index in [0.29, 0.717) is 10.6 Å². The van der Waals surface area contributed by atoms with E-state index in [1.807, 2.05) is 0 Å². The molecule has 116 valence electrons. The van der Waals surface area contributed by atoms with Gasteiger partial charge in [0.1, 0.15) is 6.04 Å². The van der Waals surface area contributed by atoms with E-state index < -0.39 is 17.9 Å². The highest BCUT2D eigenvalue weighted by Crippen LogP contribution is 2.13. The number of aromatic nitrogens is 2. The number of nitrogens with one attached hydrogen (secondary N) is 1. The van der Waals surface area contributed by atoms with Crippen LogP contribution < -0.4 is 5.32 Å². The molecule has 1 heterocycles. The minimum absolute atomic E-state index is 0.215. The highest BCUT2D eigenvalue weighted by Gasteiger charge is 2.24. The molecule has 0 aliphatic carbocycles.